The lowest BCUT2D eigenvalue weighted by Gasteiger charge is -2.16. The van der Waals surface area contributed by atoms with Crippen molar-refractivity contribution in [3.8, 4) is 0 Å². The van der Waals surface area contributed by atoms with Gasteiger partial charge in [-0.25, -0.2) is 4.79 Å². The molecule has 0 bridgehead atoms. The van der Waals surface area contributed by atoms with E-state index in [1.54, 1.807) is 6.08 Å². The molecule has 1 aliphatic heterocycles. The number of rotatable bonds is 5. The third-order valence-electron chi connectivity index (χ3n) is 3.32. The van der Waals surface area contributed by atoms with E-state index in [1.165, 1.54) is 16.8 Å². The number of aromatic amines is 1. The second kappa shape index (κ2) is 6.55. The van der Waals surface area contributed by atoms with Crippen molar-refractivity contribution in [3.05, 3.63) is 81.1 Å². The Morgan fingerprint density at radius 1 is 1.14 bits per heavy atom. The van der Waals surface area contributed by atoms with E-state index in [0.29, 0.717) is 13.2 Å². The Morgan fingerprint density at radius 2 is 1.95 bits per heavy atom. The molecule has 1 aromatic carbocycles. The molecule has 1 N–H and O–H groups in total. The zero-order valence-electron chi connectivity index (χ0n) is 11.8. The summed E-state index contributed by atoms with van der Waals surface area (Å²) in [5.74, 6) is 0. The quantitative estimate of drug-likeness (QED) is 0.842. The van der Waals surface area contributed by atoms with Crippen molar-refractivity contribution in [2.75, 3.05) is 6.61 Å². The van der Waals surface area contributed by atoms with Crippen molar-refractivity contribution in [2.45, 2.75) is 18.9 Å². The smallest absolute Gasteiger partial charge is 0.330 e. The van der Waals surface area contributed by atoms with Gasteiger partial charge in [-0.3, -0.25) is 14.3 Å². The van der Waals surface area contributed by atoms with Crippen molar-refractivity contribution in [1.82, 2.24) is 9.55 Å². The van der Waals surface area contributed by atoms with E-state index in [9.17, 15) is 9.59 Å². The summed E-state index contributed by atoms with van der Waals surface area (Å²) in [5, 5.41) is 0. The maximum absolute atomic E-state index is 11.7. The van der Waals surface area contributed by atoms with Gasteiger partial charge in [-0.15, -0.1) is 0 Å². The van der Waals surface area contributed by atoms with Crippen molar-refractivity contribution in [3.63, 3.8) is 0 Å². The summed E-state index contributed by atoms with van der Waals surface area (Å²) in [6.45, 7) is 0.914. The predicted molar refractivity (Wildman–Crippen MR) is 80.5 cm³/mol. The molecule has 3 rings (SSSR count). The molecule has 0 fully saturated rings. The van der Waals surface area contributed by atoms with E-state index in [4.69, 9.17) is 9.47 Å². The lowest BCUT2D eigenvalue weighted by molar-refractivity contribution is -0.0342. The van der Waals surface area contributed by atoms with Gasteiger partial charge in [0.05, 0.1) is 13.2 Å². The van der Waals surface area contributed by atoms with Crippen molar-refractivity contribution < 1.29 is 9.47 Å². The maximum atomic E-state index is 11.7. The summed E-state index contributed by atoms with van der Waals surface area (Å²) in [6, 6.07) is 11.2. The third-order valence-corrected chi connectivity index (χ3v) is 3.32. The predicted octanol–water partition coefficient (Wildman–Crippen LogP) is 1.21. The molecule has 1 aliphatic rings. The summed E-state index contributed by atoms with van der Waals surface area (Å²) in [5.41, 5.74) is 0.178. The molecule has 6 heteroatoms. The van der Waals surface area contributed by atoms with Crippen molar-refractivity contribution >= 4 is 0 Å². The standard InChI is InChI=1S/C16H16N2O4/c19-14-8-9-18(16(20)17-14)15-7-6-13(22-15)11-21-10-12-4-2-1-3-5-12/h1-9,13,15H,10-11H2,(H,17,19,20)/t13-,15+/m0/s1. The lowest BCUT2D eigenvalue weighted by Crippen LogP contribution is -2.32. The van der Waals surface area contributed by atoms with E-state index >= 15 is 0 Å². The Morgan fingerprint density at radius 3 is 2.73 bits per heavy atom. The molecule has 0 saturated carbocycles. The largest absolute Gasteiger partial charge is 0.374 e. The Bertz CT molecular complexity index is 763. The first-order valence-electron chi connectivity index (χ1n) is 6.99. The molecule has 0 radical (unpaired) electrons. The molecule has 0 unspecified atom stereocenters. The highest BCUT2D eigenvalue weighted by Crippen LogP contribution is 2.19. The monoisotopic (exact) mass is 300 g/mol. The molecule has 0 spiro atoms. The fourth-order valence-corrected chi connectivity index (χ4v) is 2.24. The number of ether oxygens (including phenoxy) is 2. The SMILES string of the molecule is O=c1ccn([C@H]2C=C[C@@H](COCc3ccccc3)O2)c(=O)[nH]1. The Labute approximate surface area is 126 Å². The van der Waals surface area contributed by atoms with Gasteiger partial charge in [-0.1, -0.05) is 36.4 Å². The first-order valence-corrected chi connectivity index (χ1v) is 6.99. The zero-order chi connectivity index (χ0) is 15.4. The minimum atomic E-state index is -0.519. The number of hydrogen-bond donors (Lipinski definition) is 1. The zero-order valence-corrected chi connectivity index (χ0v) is 11.8. The highest BCUT2D eigenvalue weighted by molar-refractivity contribution is 5.13. The molecule has 114 valence electrons. The van der Waals surface area contributed by atoms with Crippen LogP contribution in [0.5, 0.6) is 0 Å². The first-order chi connectivity index (χ1) is 10.7. The van der Waals surface area contributed by atoms with Gasteiger partial charge >= 0.3 is 5.69 Å². The highest BCUT2D eigenvalue weighted by atomic mass is 16.5. The first kappa shape index (κ1) is 14.5. The minimum Gasteiger partial charge on any atom is -0.374 e. The number of nitrogens with one attached hydrogen (secondary N) is 1. The Hall–Kier alpha value is -2.44. The molecule has 2 atom stereocenters. The average Bonchev–Trinajstić information content (AvgIpc) is 2.97. The third kappa shape index (κ3) is 3.41. The minimum absolute atomic E-state index is 0.215. The van der Waals surface area contributed by atoms with E-state index in [1.807, 2.05) is 36.4 Å². The van der Waals surface area contributed by atoms with E-state index in [-0.39, 0.29) is 6.10 Å². The van der Waals surface area contributed by atoms with Crippen LogP contribution in [0.4, 0.5) is 0 Å². The van der Waals surface area contributed by atoms with E-state index in [0.717, 1.165) is 5.56 Å². The highest BCUT2D eigenvalue weighted by Gasteiger charge is 2.21. The van der Waals surface area contributed by atoms with Crippen LogP contribution in [0, 0.1) is 0 Å². The number of aromatic nitrogens is 2. The summed E-state index contributed by atoms with van der Waals surface area (Å²) in [6.07, 6.45) is 4.31. The number of H-pyrrole nitrogens is 1. The van der Waals surface area contributed by atoms with Crippen molar-refractivity contribution in [1.29, 1.82) is 0 Å². The number of benzene rings is 1. The summed E-state index contributed by atoms with van der Waals surface area (Å²) >= 11 is 0. The average molecular weight is 300 g/mol. The Kier molecular flexibility index (Phi) is 4.32. The maximum Gasteiger partial charge on any atom is 0.330 e. The van der Waals surface area contributed by atoms with E-state index < -0.39 is 17.5 Å². The molecule has 0 saturated heterocycles. The van der Waals surface area contributed by atoms with Gasteiger partial charge in [0, 0.05) is 12.3 Å². The van der Waals surface area contributed by atoms with Gasteiger partial charge in [-0.05, 0) is 11.6 Å². The molecule has 0 amide bonds. The van der Waals surface area contributed by atoms with Crippen LogP contribution in [0.15, 0.2) is 64.3 Å². The molecular formula is C16H16N2O4. The fourth-order valence-electron chi connectivity index (χ4n) is 2.24. The van der Waals surface area contributed by atoms with E-state index in [2.05, 4.69) is 4.98 Å². The number of nitrogens with zero attached hydrogens (tertiary/aromatic N) is 1. The van der Waals surface area contributed by atoms with Gasteiger partial charge in [0.25, 0.3) is 5.56 Å². The van der Waals surface area contributed by atoms with Gasteiger partial charge in [0.2, 0.25) is 0 Å². The van der Waals surface area contributed by atoms with Crippen LogP contribution in [-0.2, 0) is 16.1 Å². The lowest BCUT2D eigenvalue weighted by atomic mass is 10.2. The summed E-state index contributed by atoms with van der Waals surface area (Å²) < 4.78 is 12.7. The van der Waals surface area contributed by atoms with Crippen LogP contribution >= 0.6 is 0 Å². The van der Waals surface area contributed by atoms with Crippen LogP contribution in [0.1, 0.15) is 11.8 Å². The number of hydrogen-bond acceptors (Lipinski definition) is 4. The van der Waals surface area contributed by atoms with Gasteiger partial charge in [-0.2, -0.15) is 0 Å². The van der Waals surface area contributed by atoms with Crippen LogP contribution in [0.3, 0.4) is 0 Å². The van der Waals surface area contributed by atoms with Gasteiger partial charge in [0.15, 0.2) is 6.23 Å². The molecule has 1 aromatic heterocycles. The summed E-state index contributed by atoms with van der Waals surface area (Å²) in [7, 11) is 0. The van der Waals surface area contributed by atoms with Crippen LogP contribution in [0.2, 0.25) is 0 Å². The molecule has 2 aromatic rings. The molecule has 2 heterocycles. The van der Waals surface area contributed by atoms with Crippen molar-refractivity contribution in [2.24, 2.45) is 0 Å². The van der Waals surface area contributed by atoms with Crippen LogP contribution in [0.25, 0.3) is 0 Å². The second-order valence-electron chi connectivity index (χ2n) is 4.97. The molecular weight excluding hydrogens is 284 g/mol. The molecule has 0 aliphatic carbocycles. The van der Waals surface area contributed by atoms with Crippen LogP contribution < -0.4 is 11.2 Å². The van der Waals surface area contributed by atoms with Gasteiger partial charge in [0.1, 0.15) is 6.10 Å². The normalized spacial score (nSPS) is 20.4. The summed E-state index contributed by atoms with van der Waals surface area (Å²) in [4.78, 5) is 24.9. The molecule has 22 heavy (non-hydrogen) atoms. The van der Waals surface area contributed by atoms with Crippen LogP contribution in [-0.4, -0.2) is 22.3 Å². The topological polar surface area (TPSA) is 73.3 Å². The Balaban J connectivity index is 1.53. The fraction of sp³-hybridized carbons (Fsp3) is 0.250. The van der Waals surface area contributed by atoms with Gasteiger partial charge < -0.3 is 9.47 Å². The second-order valence-corrected chi connectivity index (χ2v) is 4.97. The molecule has 6 nitrogen and oxygen atoms in total.